The first-order chi connectivity index (χ1) is 12.0. The molecule has 1 heterocycles. The van der Waals surface area contributed by atoms with Gasteiger partial charge in [0.25, 0.3) is 0 Å². The normalized spacial score (nSPS) is 18.1. The zero-order valence-electron chi connectivity index (χ0n) is 15.0. The average Bonchev–Trinajstić information content (AvgIpc) is 2.58. The second-order valence-electron chi connectivity index (χ2n) is 6.30. The van der Waals surface area contributed by atoms with E-state index in [1.54, 1.807) is 12.1 Å². The molecule has 0 radical (unpaired) electrons. The summed E-state index contributed by atoms with van der Waals surface area (Å²) in [4.78, 5) is 18.1. The van der Waals surface area contributed by atoms with Crippen LogP contribution < -0.4 is 15.8 Å². The molecule has 1 aliphatic rings. The zero-order valence-corrected chi connectivity index (χ0v) is 15.0. The number of carbonyl (C=O) groups excluding carboxylic acids is 1. The van der Waals surface area contributed by atoms with E-state index in [-0.39, 0.29) is 17.6 Å². The molecular formula is C18H28N4O3. The topological polar surface area (TPSA) is 100 Å². The molecule has 0 saturated carbocycles. The molecule has 1 saturated heterocycles. The highest BCUT2D eigenvalue weighted by Gasteiger charge is 2.23. The number of guanidine groups is 1. The second kappa shape index (κ2) is 9.15. The van der Waals surface area contributed by atoms with Crippen LogP contribution in [0.25, 0.3) is 0 Å². The van der Waals surface area contributed by atoms with Gasteiger partial charge in [0.2, 0.25) is 5.91 Å². The van der Waals surface area contributed by atoms with Crippen LogP contribution in [-0.2, 0) is 11.3 Å². The van der Waals surface area contributed by atoms with Crippen molar-refractivity contribution in [3.05, 3.63) is 23.8 Å². The lowest BCUT2D eigenvalue weighted by molar-refractivity contribution is -0.119. The number of phenols is 1. The van der Waals surface area contributed by atoms with Gasteiger partial charge in [-0.3, -0.25) is 4.79 Å². The van der Waals surface area contributed by atoms with E-state index in [0.717, 1.165) is 44.0 Å². The molecule has 1 aliphatic heterocycles. The van der Waals surface area contributed by atoms with Crippen molar-refractivity contribution in [1.82, 2.24) is 10.2 Å². The van der Waals surface area contributed by atoms with Crippen LogP contribution in [0.5, 0.6) is 11.5 Å². The third kappa shape index (κ3) is 5.55. The van der Waals surface area contributed by atoms with Gasteiger partial charge < -0.3 is 25.8 Å². The first kappa shape index (κ1) is 18.9. The standard InChI is InChI=1S/C18H28N4O3/c1-3-20-18(22-8-4-5-14(12-22)10-17(19)24)21-11-13-6-7-16(25-2)15(23)9-13/h6-7,9,14,23H,3-5,8,10-12H2,1-2H3,(H2,19,24)(H,20,21). The summed E-state index contributed by atoms with van der Waals surface area (Å²) >= 11 is 0. The number of nitrogens with zero attached hydrogens (tertiary/aromatic N) is 2. The Morgan fingerprint density at radius 1 is 1.52 bits per heavy atom. The minimum Gasteiger partial charge on any atom is -0.504 e. The van der Waals surface area contributed by atoms with Crippen LogP contribution in [0.1, 0.15) is 31.7 Å². The molecule has 0 aromatic heterocycles. The number of hydrogen-bond acceptors (Lipinski definition) is 4. The Balaban J connectivity index is 2.07. The van der Waals surface area contributed by atoms with Crippen molar-refractivity contribution in [3.63, 3.8) is 0 Å². The number of phenolic OH excluding ortho intramolecular Hbond substituents is 1. The minimum absolute atomic E-state index is 0.111. The van der Waals surface area contributed by atoms with Crippen molar-refractivity contribution < 1.29 is 14.6 Å². The highest BCUT2D eigenvalue weighted by Crippen LogP contribution is 2.26. The van der Waals surface area contributed by atoms with Gasteiger partial charge in [-0.1, -0.05) is 6.07 Å². The Kier molecular flexibility index (Phi) is 6.91. The molecule has 138 valence electrons. The fourth-order valence-corrected chi connectivity index (χ4v) is 3.13. The fraction of sp³-hybridized carbons (Fsp3) is 0.556. The number of benzene rings is 1. The monoisotopic (exact) mass is 348 g/mol. The molecule has 1 atom stereocenters. The van der Waals surface area contributed by atoms with Crippen LogP contribution in [0, 0.1) is 5.92 Å². The van der Waals surface area contributed by atoms with E-state index in [9.17, 15) is 9.90 Å². The number of amides is 1. The van der Waals surface area contributed by atoms with Gasteiger partial charge in [0.05, 0.1) is 13.7 Å². The fourth-order valence-electron chi connectivity index (χ4n) is 3.13. The van der Waals surface area contributed by atoms with Crippen LogP contribution >= 0.6 is 0 Å². The summed E-state index contributed by atoms with van der Waals surface area (Å²) in [7, 11) is 1.52. The maximum atomic E-state index is 11.2. The number of carbonyl (C=O) groups is 1. The number of likely N-dealkylation sites (tertiary alicyclic amines) is 1. The van der Waals surface area contributed by atoms with Crippen molar-refractivity contribution in [1.29, 1.82) is 0 Å². The highest BCUT2D eigenvalue weighted by molar-refractivity contribution is 5.80. The summed E-state index contributed by atoms with van der Waals surface area (Å²) in [6, 6.07) is 5.28. The summed E-state index contributed by atoms with van der Waals surface area (Å²) in [5.41, 5.74) is 6.24. The number of aliphatic imine (C=N–C) groups is 1. The first-order valence-electron chi connectivity index (χ1n) is 8.71. The van der Waals surface area contributed by atoms with Crippen LogP contribution in [0.4, 0.5) is 0 Å². The first-order valence-corrected chi connectivity index (χ1v) is 8.71. The Hall–Kier alpha value is -2.44. The van der Waals surface area contributed by atoms with Crippen LogP contribution in [0.3, 0.4) is 0 Å². The van der Waals surface area contributed by atoms with Gasteiger partial charge in [-0.05, 0) is 43.4 Å². The molecule has 1 aromatic carbocycles. The molecular weight excluding hydrogens is 320 g/mol. The van der Waals surface area contributed by atoms with Gasteiger partial charge in [-0.25, -0.2) is 4.99 Å². The van der Waals surface area contributed by atoms with Crippen molar-refractivity contribution in [2.75, 3.05) is 26.7 Å². The van der Waals surface area contributed by atoms with Gasteiger partial charge in [0, 0.05) is 26.1 Å². The van der Waals surface area contributed by atoms with Crippen LogP contribution in [0.2, 0.25) is 0 Å². The van der Waals surface area contributed by atoms with Crippen molar-refractivity contribution in [2.24, 2.45) is 16.6 Å². The van der Waals surface area contributed by atoms with E-state index in [2.05, 4.69) is 15.2 Å². The lowest BCUT2D eigenvalue weighted by Gasteiger charge is -2.34. The number of hydrogen-bond donors (Lipinski definition) is 3. The molecule has 7 nitrogen and oxygen atoms in total. The molecule has 7 heteroatoms. The van der Waals surface area contributed by atoms with E-state index in [4.69, 9.17) is 10.5 Å². The minimum atomic E-state index is -0.248. The predicted octanol–water partition coefficient (Wildman–Crippen LogP) is 1.45. The summed E-state index contributed by atoms with van der Waals surface area (Å²) < 4.78 is 5.06. The molecule has 1 fully saturated rings. The molecule has 25 heavy (non-hydrogen) atoms. The van der Waals surface area contributed by atoms with Gasteiger partial charge >= 0.3 is 0 Å². The van der Waals surface area contributed by atoms with Crippen molar-refractivity contribution in [3.8, 4) is 11.5 Å². The van der Waals surface area contributed by atoms with Gasteiger partial charge in [0.15, 0.2) is 17.5 Å². The molecule has 2 rings (SSSR count). The summed E-state index contributed by atoms with van der Waals surface area (Å²) in [6.07, 6.45) is 2.46. The smallest absolute Gasteiger partial charge is 0.217 e. The maximum absolute atomic E-state index is 11.2. The summed E-state index contributed by atoms with van der Waals surface area (Å²) in [6.45, 7) is 4.94. The maximum Gasteiger partial charge on any atom is 0.217 e. The quantitative estimate of drug-likeness (QED) is 0.534. The number of nitrogens with one attached hydrogen (secondary N) is 1. The number of ether oxygens (including phenoxy) is 1. The third-order valence-corrected chi connectivity index (χ3v) is 4.30. The third-order valence-electron chi connectivity index (χ3n) is 4.30. The lowest BCUT2D eigenvalue weighted by Crippen LogP contribution is -2.47. The van der Waals surface area contributed by atoms with Crippen molar-refractivity contribution >= 4 is 11.9 Å². The van der Waals surface area contributed by atoms with Gasteiger partial charge in [0.1, 0.15) is 0 Å². The van der Waals surface area contributed by atoms with Crippen LogP contribution in [-0.4, -0.2) is 48.6 Å². The van der Waals surface area contributed by atoms with Crippen LogP contribution in [0.15, 0.2) is 23.2 Å². The summed E-state index contributed by atoms with van der Waals surface area (Å²) in [5, 5.41) is 13.2. The Morgan fingerprint density at radius 2 is 2.32 bits per heavy atom. The average molecular weight is 348 g/mol. The molecule has 0 bridgehead atoms. The molecule has 4 N–H and O–H groups in total. The Morgan fingerprint density at radius 3 is 2.96 bits per heavy atom. The molecule has 1 aromatic rings. The second-order valence-corrected chi connectivity index (χ2v) is 6.30. The Labute approximate surface area is 148 Å². The van der Waals surface area contributed by atoms with Crippen molar-refractivity contribution in [2.45, 2.75) is 32.7 Å². The highest BCUT2D eigenvalue weighted by atomic mass is 16.5. The number of methoxy groups -OCH3 is 1. The molecule has 1 unspecified atom stereocenters. The van der Waals surface area contributed by atoms with E-state index in [1.165, 1.54) is 7.11 Å². The van der Waals surface area contributed by atoms with Gasteiger partial charge in [-0.15, -0.1) is 0 Å². The van der Waals surface area contributed by atoms with Gasteiger partial charge in [-0.2, -0.15) is 0 Å². The molecule has 1 amide bonds. The number of piperidine rings is 1. The summed E-state index contributed by atoms with van der Waals surface area (Å²) in [5.74, 6) is 1.42. The number of rotatable bonds is 6. The lowest BCUT2D eigenvalue weighted by atomic mass is 9.95. The zero-order chi connectivity index (χ0) is 18.2. The molecule has 0 aliphatic carbocycles. The van der Waals surface area contributed by atoms with E-state index >= 15 is 0 Å². The largest absolute Gasteiger partial charge is 0.504 e. The number of aromatic hydroxyl groups is 1. The van der Waals surface area contributed by atoms with E-state index in [0.29, 0.717) is 18.7 Å². The number of primary amides is 1. The SMILES string of the molecule is CCNC(=NCc1ccc(OC)c(O)c1)N1CCCC(CC(N)=O)C1. The number of nitrogens with two attached hydrogens (primary N) is 1. The Bertz CT molecular complexity index is 618. The molecule has 0 spiro atoms. The predicted molar refractivity (Wildman–Crippen MR) is 97.6 cm³/mol. The van der Waals surface area contributed by atoms with E-state index in [1.807, 2.05) is 13.0 Å². The van der Waals surface area contributed by atoms with E-state index < -0.39 is 0 Å².